The van der Waals surface area contributed by atoms with Crippen molar-refractivity contribution in [2.24, 2.45) is 0 Å². The van der Waals surface area contributed by atoms with E-state index in [4.69, 9.17) is 0 Å². The fourth-order valence-corrected chi connectivity index (χ4v) is 2.46. The van der Waals surface area contributed by atoms with Crippen LogP contribution in [0.2, 0.25) is 0 Å². The predicted octanol–water partition coefficient (Wildman–Crippen LogP) is -0.389. The number of carbonyl (C=O) groups excluding carboxylic acids is 2. The quantitative estimate of drug-likeness (QED) is 0.673. The summed E-state index contributed by atoms with van der Waals surface area (Å²) in [5, 5.41) is 6.02. The van der Waals surface area contributed by atoms with Crippen molar-refractivity contribution in [3.05, 3.63) is 0 Å². The van der Waals surface area contributed by atoms with Gasteiger partial charge in [0.15, 0.2) is 0 Å². The van der Waals surface area contributed by atoms with E-state index in [2.05, 4.69) is 22.5 Å². The highest BCUT2D eigenvalue weighted by Crippen LogP contribution is 2.16. The first-order valence-corrected chi connectivity index (χ1v) is 6.51. The summed E-state index contributed by atoms with van der Waals surface area (Å²) in [4.78, 5) is 27.4. The molecule has 18 heavy (non-hydrogen) atoms. The Labute approximate surface area is 108 Å². The van der Waals surface area contributed by atoms with Crippen LogP contribution in [0, 0.1) is 0 Å². The van der Waals surface area contributed by atoms with Gasteiger partial charge in [-0.1, -0.05) is 0 Å². The Balaban J connectivity index is 1.90. The average Bonchev–Trinajstić information content (AvgIpc) is 2.49. The fourth-order valence-electron chi connectivity index (χ4n) is 2.46. The highest BCUT2D eigenvalue weighted by atomic mass is 16.2. The lowest BCUT2D eigenvalue weighted by Crippen LogP contribution is -2.52. The molecule has 2 aliphatic heterocycles. The van der Waals surface area contributed by atoms with E-state index < -0.39 is 5.54 Å². The number of hydrogen-bond donors (Lipinski definition) is 2. The van der Waals surface area contributed by atoms with E-state index in [1.165, 1.54) is 4.90 Å². The average molecular weight is 254 g/mol. The maximum absolute atomic E-state index is 12.0. The van der Waals surface area contributed by atoms with E-state index in [9.17, 15) is 9.59 Å². The second kappa shape index (κ2) is 4.85. The number of imide groups is 1. The fraction of sp³-hybridized carbons (Fsp3) is 0.833. The Morgan fingerprint density at radius 1 is 1.33 bits per heavy atom. The molecule has 0 aromatic heterocycles. The summed E-state index contributed by atoms with van der Waals surface area (Å²) in [6.45, 7) is 9.75. The number of nitrogens with one attached hydrogen (secondary N) is 2. The second-order valence-corrected chi connectivity index (χ2v) is 5.60. The van der Waals surface area contributed by atoms with Gasteiger partial charge in [0.25, 0.3) is 5.91 Å². The molecular weight excluding hydrogens is 232 g/mol. The van der Waals surface area contributed by atoms with Crippen LogP contribution in [0.5, 0.6) is 0 Å². The number of piperazine rings is 1. The summed E-state index contributed by atoms with van der Waals surface area (Å²) in [6.07, 6.45) is 0. The molecule has 0 unspecified atom stereocenters. The number of hydrogen-bond acceptors (Lipinski definition) is 4. The molecule has 102 valence electrons. The second-order valence-electron chi connectivity index (χ2n) is 5.60. The molecule has 0 saturated carbocycles. The zero-order valence-corrected chi connectivity index (χ0v) is 11.3. The van der Waals surface area contributed by atoms with Gasteiger partial charge < -0.3 is 10.6 Å². The van der Waals surface area contributed by atoms with Gasteiger partial charge in [0.05, 0.1) is 0 Å². The van der Waals surface area contributed by atoms with Gasteiger partial charge in [-0.05, 0) is 20.8 Å². The lowest BCUT2D eigenvalue weighted by molar-refractivity contribution is -0.130. The van der Waals surface area contributed by atoms with Crippen LogP contribution in [0.4, 0.5) is 4.79 Å². The third-order valence-corrected chi connectivity index (χ3v) is 3.69. The van der Waals surface area contributed by atoms with Crippen LogP contribution >= 0.6 is 0 Å². The van der Waals surface area contributed by atoms with Crippen LogP contribution < -0.4 is 10.6 Å². The SMILES string of the molecule is C[C@@H]1CNCCN1CCN1C(=O)NC(C)(C)C1=O. The van der Waals surface area contributed by atoms with E-state index in [-0.39, 0.29) is 11.9 Å². The molecule has 2 aliphatic rings. The Morgan fingerprint density at radius 2 is 2.06 bits per heavy atom. The molecule has 0 bridgehead atoms. The number of nitrogens with zero attached hydrogens (tertiary/aromatic N) is 2. The van der Waals surface area contributed by atoms with Gasteiger partial charge in [0.1, 0.15) is 5.54 Å². The molecule has 6 nitrogen and oxygen atoms in total. The van der Waals surface area contributed by atoms with E-state index in [0.717, 1.165) is 26.2 Å². The number of amides is 3. The van der Waals surface area contributed by atoms with E-state index in [1.807, 2.05) is 0 Å². The van der Waals surface area contributed by atoms with E-state index >= 15 is 0 Å². The summed E-state index contributed by atoms with van der Waals surface area (Å²) in [5.41, 5.74) is -0.758. The first-order chi connectivity index (χ1) is 8.42. The molecule has 0 aromatic rings. The topological polar surface area (TPSA) is 64.7 Å². The molecule has 2 saturated heterocycles. The third kappa shape index (κ3) is 2.49. The predicted molar refractivity (Wildman–Crippen MR) is 68.2 cm³/mol. The van der Waals surface area contributed by atoms with Gasteiger partial charge in [0, 0.05) is 38.8 Å². The standard InChI is InChI=1S/C12H22N4O2/c1-9-8-13-4-5-15(9)6-7-16-10(17)12(2,3)14-11(16)18/h9,13H,4-8H2,1-3H3,(H,14,18)/t9-/m1/s1. The minimum absolute atomic E-state index is 0.129. The molecule has 6 heteroatoms. The van der Waals surface area contributed by atoms with Gasteiger partial charge >= 0.3 is 6.03 Å². The Morgan fingerprint density at radius 3 is 2.61 bits per heavy atom. The highest BCUT2D eigenvalue weighted by Gasteiger charge is 2.44. The molecule has 2 rings (SSSR count). The van der Waals surface area contributed by atoms with Crippen LogP contribution in [-0.4, -0.2) is 66.0 Å². The van der Waals surface area contributed by atoms with E-state index in [0.29, 0.717) is 12.6 Å². The summed E-state index contributed by atoms with van der Waals surface area (Å²) >= 11 is 0. The lowest BCUT2D eigenvalue weighted by atomic mass is 10.1. The highest BCUT2D eigenvalue weighted by molar-refractivity contribution is 6.06. The zero-order chi connectivity index (χ0) is 13.3. The van der Waals surface area contributed by atoms with Gasteiger partial charge in [-0.25, -0.2) is 4.79 Å². The number of urea groups is 1. The van der Waals surface area contributed by atoms with Gasteiger partial charge in [0.2, 0.25) is 0 Å². The summed E-state index contributed by atoms with van der Waals surface area (Å²) in [6, 6.07) is 0.181. The maximum Gasteiger partial charge on any atom is 0.325 e. The summed E-state index contributed by atoms with van der Waals surface area (Å²) < 4.78 is 0. The third-order valence-electron chi connectivity index (χ3n) is 3.69. The Hall–Kier alpha value is -1.14. The molecular formula is C12H22N4O2. The normalized spacial score (nSPS) is 28.6. The largest absolute Gasteiger partial charge is 0.325 e. The Bertz CT molecular complexity index is 356. The first-order valence-electron chi connectivity index (χ1n) is 6.51. The summed E-state index contributed by atoms with van der Waals surface area (Å²) in [7, 11) is 0. The Kier molecular flexibility index (Phi) is 3.59. The molecule has 1 atom stereocenters. The molecule has 0 radical (unpaired) electrons. The number of carbonyl (C=O) groups is 2. The van der Waals surface area contributed by atoms with Crippen molar-refractivity contribution in [1.82, 2.24) is 20.4 Å². The van der Waals surface area contributed by atoms with Crippen molar-refractivity contribution in [1.29, 1.82) is 0 Å². The molecule has 0 spiro atoms. The van der Waals surface area contributed by atoms with Gasteiger partial charge in [-0.2, -0.15) is 0 Å². The minimum atomic E-state index is -0.758. The number of rotatable bonds is 3. The van der Waals surface area contributed by atoms with Gasteiger partial charge in [-0.3, -0.25) is 14.6 Å². The molecule has 0 aliphatic carbocycles. The first kappa shape index (κ1) is 13.3. The van der Waals surface area contributed by atoms with Crippen LogP contribution in [0.25, 0.3) is 0 Å². The van der Waals surface area contributed by atoms with Crippen LogP contribution in [-0.2, 0) is 4.79 Å². The van der Waals surface area contributed by atoms with Gasteiger partial charge in [-0.15, -0.1) is 0 Å². The van der Waals surface area contributed by atoms with Crippen LogP contribution in [0.3, 0.4) is 0 Å². The smallest absolute Gasteiger partial charge is 0.324 e. The van der Waals surface area contributed by atoms with Crippen molar-refractivity contribution < 1.29 is 9.59 Å². The van der Waals surface area contributed by atoms with Crippen LogP contribution in [0.1, 0.15) is 20.8 Å². The molecule has 2 heterocycles. The molecule has 2 fully saturated rings. The van der Waals surface area contributed by atoms with Crippen molar-refractivity contribution in [3.63, 3.8) is 0 Å². The minimum Gasteiger partial charge on any atom is -0.324 e. The van der Waals surface area contributed by atoms with E-state index in [1.54, 1.807) is 13.8 Å². The molecule has 3 amide bonds. The summed E-state index contributed by atoms with van der Waals surface area (Å²) in [5.74, 6) is -0.129. The van der Waals surface area contributed by atoms with Crippen molar-refractivity contribution >= 4 is 11.9 Å². The molecule has 2 N–H and O–H groups in total. The van der Waals surface area contributed by atoms with Crippen molar-refractivity contribution in [3.8, 4) is 0 Å². The monoisotopic (exact) mass is 254 g/mol. The maximum atomic E-state index is 12.0. The van der Waals surface area contributed by atoms with Crippen LogP contribution in [0.15, 0.2) is 0 Å². The van der Waals surface area contributed by atoms with Crippen molar-refractivity contribution in [2.75, 3.05) is 32.7 Å². The lowest BCUT2D eigenvalue weighted by Gasteiger charge is -2.34. The molecule has 0 aromatic carbocycles. The van der Waals surface area contributed by atoms with Crippen molar-refractivity contribution in [2.45, 2.75) is 32.4 Å². The zero-order valence-electron chi connectivity index (χ0n) is 11.3.